The predicted molar refractivity (Wildman–Crippen MR) is 115 cm³/mol. The van der Waals surface area contributed by atoms with E-state index in [2.05, 4.69) is 4.57 Å². The molecule has 0 bridgehead atoms. The van der Waals surface area contributed by atoms with Crippen molar-refractivity contribution in [2.75, 3.05) is 19.8 Å². The second-order valence-electron chi connectivity index (χ2n) is 7.32. The van der Waals surface area contributed by atoms with Crippen LogP contribution in [0.25, 0.3) is 6.08 Å². The zero-order valence-electron chi connectivity index (χ0n) is 18.1. The number of hydrogen-bond donors (Lipinski definition) is 0. The van der Waals surface area contributed by atoms with Gasteiger partial charge in [-0.2, -0.15) is 0 Å². The maximum Gasteiger partial charge on any atom is 0.331 e. The van der Waals surface area contributed by atoms with Crippen LogP contribution >= 0.6 is 0 Å². The van der Waals surface area contributed by atoms with Gasteiger partial charge in [-0.25, -0.2) is 4.79 Å². The Morgan fingerprint density at radius 1 is 1.07 bits per heavy atom. The molecular formula is C24H29NO5. The average Bonchev–Trinajstić information content (AvgIpc) is 3.51. The third-order valence-corrected chi connectivity index (χ3v) is 5.02. The molecule has 160 valence electrons. The summed E-state index contributed by atoms with van der Waals surface area (Å²) in [6.45, 7) is 8.54. The molecule has 30 heavy (non-hydrogen) atoms. The van der Waals surface area contributed by atoms with E-state index in [1.54, 1.807) is 18.2 Å². The fourth-order valence-electron chi connectivity index (χ4n) is 3.55. The van der Waals surface area contributed by atoms with E-state index in [9.17, 15) is 9.59 Å². The minimum atomic E-state index is -0.564. The molecule has 2 aromatic rings. The molecule has 0 atom stereocenters. The van der Waals surface area contributed by atoms with E-state index in [0.29, 0.717) is 36.3 Å². The van der Waals surface area contributed by atoms with Crippen molar-refractivity contribution < 1.29 is 23.8 Å². The Morgan fingerprint density at radius 2 is 1.77 bits per heavy atom. The zero-order chi connectivity index (χ0) is 21.7. The summed E-state index contributed by atoms with van der Waals surface area (Å²) in [5.41, 5.74) is 3.43. The van der Waals surface area contributed by atoms with Crippen LogP contribution in [-0.2, 0) is 9.53 Å². The van der Waals surface area contributed by atoms with E-state index in [0.717, 1.165) is 29.8 Å². The van der Waals surface area contributed by atoms with Crippen LogP contribution in [-0.4, -0.2) is 36.1 Å². The maximum atomic E-state index is 12.5. The van der Waals surface area contributed by atoms with Crippen LogP contribution in [0, 0.1) is 13.8 Å². The van der Waals surface area contributed by atoms with Gasteiger partial charge in [-0.15, -0.1) is 0 Å². The first-order valence-electron chi connectivity index (χ1n) is 10.4. The minimum absolute atomic E-state index is 0.184. The molecule has 1 aromatic carbocycles. The normalized spacial score (nSPS) is 13.5. The van der Waals surface area contributed by atoms with Crippen molar-refractivity contribution in [1.29, 1.82) is 0 Å². The van der Waals surface area contributed by atoms with Gasteiger partial charge in [0.05, 0.1) is 13.2 Å². The van der Waals surface area contributed by atoms with E-state index < -0.39 is 5.97 Å². The number of Topliss-reactive ketones (excluding diaryl/α,β-unsaturated/α-hetero) is 1. The lowest BCUT2D eigenvalue weighted by molar-refractivity contribution is -0.136. The van der Waals surface area contributed by atoms with Gasteiger partial charge in [0.25, 0.3) is 0 Å². The number of nitrogens with zero attached hydrogens (tertiary/aromatic N) is 1. The number of benzene rings is 1. The van der Waals surface area contributed by atoms with Crippen molar-refractivity contribution >= 4 is 17.8 Å². The smallest absolute Gasteiger partial charge is 0.331 e. The molecule has 6 heteroatoms. The Balaban J connectivity index is 1.59. The molecule has 0 saturated heterocycles. The van der Waals surface area contributed by atoms with Crippen LogP contribution in [0.1, 0.15) is 60.0 Å². The van der Waals surface area contributed by atoms with Gasteiger partial charge in [0.15, 0.2) is 18.1 Å². The second-order valence-corrected chi connectivity index (χ2v) is 7.32. The average molecular weight is 411 g/mol. The fourth-order valence-corrected chi connectivity index (χ4v) is 3.55. The van der Waals surface area contributed by atoms with E-state index >= 15 is 0 Å². The lowest BCUT2D eigenvalue weighted by atomic mass is 10.1. The number of carbonyl (C=O) groups excluding carboxylic acids is 2. The quantitative estimate of drug-likeness (QED) is 0.323. The molecule has 1 fully saturated rings. The van der Waals surface area contributed by atoms with Crippen LogP contribution < -0.4 is 9.47 Å². The molecule has 0 aliphatic heterocycles. The van der Waals surface area contributed by atoms with Gasteiger partial charge < -0.3 is 18.8 Å². The molecule has 6 nitrogen and oxygen atoms in total. The standard InChI is InChI=1S/C24H29NO5/c1-5-28-22-11-7-18(14-23(22)29-6-2)8-12-24(27)30-15-21(26)20-13-16(3)25(17(20)4)19-9-10-19/h7-8,11-14,19H,5-6,9-10,15H2,1-4H3/b12-8+. The van der Waals surface area contributed by atoms with Gasteiger partial charge in [-0.1, -0.05) is 6.07 Å². The minimum Gasteiger partial charge on any atom is -0.490 e. The molecule has 0 N–H and O–H groups in total. The molecule has 1 aliphatic rings. The Bertz CT molecular complexity index is 953. The second kappa shape index (κ2) is 9.65. The van der Waals surface area contributed by atoms with Crippen molar-refractivity contribution in [1.82, 2.24) is 4.57 Å². The van der Waals surface area contributed by atoms with Crippen molar-refractivity contribution in [2.45, 2.75) is 46.6 Å². The molecule has 0 radical (unpaired) electrons. The maximum absolute atomic E-state index is 12.5. The zero-order valence-corrected chi connectivity index (χ0v) is 18.1. The van der Waals surface area contributed by atoms with Crippen molar-refractivity contribution in [2.24, 2.45) is 0 Å². The number of carbonyl (C=O) groups is 2. The lowest BCUT2D eigenvalue weighted by Gasteiger charge is -2.11. The monoisotopic (exact) mass is 411 g/mol. The van der Waals surface area contributed by atoms with Gasteiger partial charge >= 0.3 is 5.97 Å². The van der Waals surface area contributed by atoms with Gasteiger partial charge in [0.2, 0.25) is 5.78 Å². The predicted octanol–water partition coefficient (Wildman–Crippen LogP) is 4.68. The van der Waals surface area contributed by atoms with Gasteiger partial charge in [0, 0.05) is 29.1 Å². The first kappa shape index (κ1) is 21.7. The van der Waals surface area contributed by atoms with E-state index in [-0.39, 0.29) is 12.4 Å². The highest BCUT2D eigenvalue weighted by Crippen LogP contribution is 2.38. The summed E-state index contributed by atoms with van der Waals surface area (Å²) in [5.74, 6) is 0.534. The number of esters is 1. The van der Waals surface area contributed by atoms with E-state index in [1.165, 1.54) is 6.08 Å². The van der Waals surface area contributed by atoms with E-state index in [4.69, 9.17) is 14.2 Å². The highest BCUT2D eigenvalue weighted by molar-refractivity contribution is 6.00. The highest BCUT2D eigenvalue weighted by atomic mass is 16.5. The first-order valence-corrected chi connectivity index (χ1v) is 10.4. The van der Waals surface area contributed by atoms with Crippen molar-refractivity contribution in [3.63, 3.8) is 0 Å². The van der Waals surface area contributed by atoms with Gasteiger partial charge in [-0.05, 0) is 70.4 Å². The molecule has 1 saturated carbocycles. The van der Waals surface area contributed by atoms with Gasteiger partial charge in [-0.3, -0.25) is 4.79 Å². The molecule has 0 unspecified atom stereocenters. The number of aromatic nitrogens is 1. The number of rotatable bonds is 10. The molecular weight excluding hydrogens is 382 g/mol. The molecule has 3 rings (SSSR count). The summed E-state index contributed by atoms with van der Waals surface area (Å²) in [4.78, 5) is 24.6. The highest BCUT2D eigenvalue weighted by Gasteiger charge is 2.28. The number of hydrogen-bond acceptors (Lipinski definition) is 5. The topological polar surface area (TPSA) is 66.8 Å². The van der Waals surface area contributed by atoms with Crippen molar-refractivity contribution in [3.05, 3.63) is 52.9 Å². The Kier molecular flexibility index (Phi) is 6.98. The Morgan fingerprint density at radius 3 is 2.43 bits per heavy atom. The third-order valence-electron chi connectivity index (χ3n) is 5.02. The van der Waals surface area contributed by atoms with Crippen molar-refractivity contribution in [3.8, 4) is 11.5 Å². The SMILES string of the molecule is CCOc1ccc(/C=C/C(=O)OCC(=O)c2cc(C)n(C3CC3)c2C)cc1OCC. The summed E-state index contributed by atoms with van der Waals surface area (Å²) in [6.07, 6.45) is 5.25. The lowest BCUT2D eigenvalue weighted by Crippen LogP contribution is -2.13. The summed E-state index contributed by atoms with van der Waals surface area (Å²) >= 11 is 0. The summed E-state index contributed by atoms with van der Waals surface area (Å²) < 4.78 is 18.5. The molecule has 0 amide bonds. The van der Waals surface area contributed by atoms with Crippen LogP contribution in [0.4, 0.5) is 0 Å². The van der Waals surface area contributed by atoms with Crippen LogP contribution in [0.2, 0.25) is 0 Å². The van der Waals surface area contributed by atoms with Crippen LogP contribution in [0.15, 0.2) is 30.3 Å². The molecule has 1 heterocycles. The fraction of sp³-hybridized carbons (Fsp3) is 0.417. The summed E-state index contributed by atoms with van der Waals surface area (Å²) in [5, 5.41) is 0. The first-order chi connectivity index (χ1) is 14.4. The number of ketones is 1. The van der Waals surface area contributed by atoms with Gasteiger partial charge in [0.1, 0.15) is 0 Å². The number of aryl methyl sites for hydroxylation is 1. The van der Waals surface area contributed by atoms with Crippen LogP contribution in [0.5, 0.6) is 11.5 Å². The summed E-state index contributed by atoms with van der Waals surface area (Å²) in [6, 6.07) is 7.83. The molecule has 0 spiro atoms. The third kappa shape index (κ3) is 5.12. The number of ether oxygens (including phenoxy) is 3. The van der Waals surface area contributed by atoms with Crippen LogP contribution in [0.3, 0.4) is 0 Å². The van der Waals surface area contributed by atoms with E-state index in [1.807, 2.05) is 39.8 Å². The largest absolute Gasteiger partial charge is 0.490 e. The molecule has 1 aromatic heterocycles. The Hall–Kier alpha value is -3.02. The summed E-state index contributed by atoms with van der Waals surface area (Å²) in [7, 11) is 0. The Labute approximate surface area is 177 Å². The molecule has 1 aliphatic carbocycles.